The van der Waals surface area contributed by atoms with Crippen LogP contribution in [0.15, 0.2) is 12.1 Å². The summed E-state index contributed by atoms with van der Waals surface area (Å²) in [6.45, 7) is 15.6. The second-order valence-electron chi connectivity index (χ2n) is 6.84. The van der Waals surface area contributed by atoms with E-state index in [1.807, 2.05) is 0 Å². The van der Waals surface area contributed by atoms with Crippen LogP contribution >= 0.6 is 0 Å². The quantitative estimate of drug-likeness (QED) is 0.690. The lowest BCUT2D eigenvalue weighted by atomic mass is 9.74. The summed E-state index contributed by atoms with van der Waals surface area (Å²) in [6.07, 6.45) is 0. The van der Waals surface area contributed by atoms with Crippen molar-refractivity contribution in [1.82, 2.24) is 0 Å². The summed E-state index contributed by atoms with van der Waals surface area (Å²) >= 11 is 0. The van der Waals surface area contributed by atoms with Crippen molar-refractivity contribution in [3.63, 3.8) is 0 Å². The van der Waals surface area contributed by atoms with Gasteiger partial charge in [-0.15, -0.1) is 0 Å². The normalized spacial score (nSPS) is 12.7. The Balaban J connectivity index is 3.64. The van der Waals surface area contributed by atoms with E-state index in [0.717, 1.165) is 5.75 Å². The standard InChI is InChI=1S/C16H26O/c1-11-9-10-12(15(2,3)4)13(14(11)17-8)16(5,6)7/h9-10H,1-8H3. The highest BCUT2D eigenvalue weighted by molar-refractivity contribution is 5.51. The lowest BCUT2D eigenvalue weighted by molar-refractivity contribution is 0.389. The molecule has 96 valence electrons. The Kier molecular flexibility index (Phi) is 3.61. The van der Waals surface area contributed by atoms with Crippen molar-refractivity contribution in [1.29, 1.82) is 0 Å². The topological polar surface area (TPSA) is 9.23 Å². The molecule has 1 rings (SSSR count). The van der Waals surface area contributed by atoms with Gasteiger partial charge in [0, 0.05) is 5.56 Å². The van der Waals surface area contributed by atoms with Crippen LogP contribution in [0.5, 0.6) is 5.75 Å². The first-order chi connectivity index (χ1) is 7.59. The zero-order chi connectivity index (χ0) is 13.4. The molecule has 0 spiro atoms. The van der Waals surface area contributed by atoms with Crippen LogP contribution in [0.3, 0.4) is 0 Å². The number of benzene rings is 1. The third-order valence-electron chi connectivity index (χ3n) is 3.12. The Bertz CT molecular complexity index is 403. The Labute approximate surface area is 106 Å². The van der Waals surface area contributed by atoms with E-state index in [9.17, 15) is 0 Å². The van der Waals surface area contributed by atoms with Crippen LogP contribution in [0.2, 0.25) is 0 Å². The van der Waals surface area contributed by atoms with Crippen molar-refractivity contribution in [2.75, 3.05) is 7.11 Å². The van der Waals surface area contributed by atoms with Crippen molar-refractivity contribution in [2.45, 2.75) is 59.3 Å². The second-order valence-corrected chi connectivity index (χ2v) is 6.84. The number of aryl methyl sites for hydroxylation is 1. The molecule has 0 radical (unpaired) electrons. The van der Waals surface area contributed by atoms with E-state index in [2.05, 4.69) is 60.6 Å². The van der Waals surface area contributed by atoms with Crippen LogP contribution in [0.1, 0.15) is 58.2 Å². The van der Waals surface area contributed by atoms with Gasteiger partial charge in [-0.2, -0.15) is 0 Å². The molecule has 1 nitrogen and oxygen atoms in total. The largest absolute Gasteiger partial charge is 0.496 e. The van der Waals surface area contributed by atoms with Gasteiger partial charge in [0.1, 0.15) is 5.75 Å². The van der Waals surface area contributed by atoms with Crippen LogP contribution in [-0.2, 0) is 10.8 Å². The molecule has 17 heavy (non-hydrogen) atoms. The molecule has 0 atom stereocenters. The fourth-order valence-corrected chi connectivity index (χ4v) is 2.32. The summed E-state index contributed by atoms with van der Waals surface area (Å²) in [6, 6.07) is 4.41. The van der Waals surface area contributed by atoms with Gasteiger partial charge in [-0.25, -0.2) is 0 Å². The number of rotatable bonds is 1. The fourth-order valence-electron chi connectivity index (χ4n) is 2.32. The van der Waals surface area contributed by atoms with Gasteiger partial charge in [0.25, 0.3) is 0 Å². The third kappa shape index (κ3) is 2.83. The molecule has 0 aliphatic heterocycles. The molecule has 0 saturated carbocycles. The summed E-state index contributed by atoms with van der Waals surface area (Å²) in [5, 5.41) is 0. The Morgan fingerprint density at radius 2 is 1.41 bits per heavy atom. The SMILES string of the molecule is COc1c(C)ccc(C(C)(C)C)c1C(C)(C)C. The molecule has 0 amide bonds. The van der Waals surface area contributed by atoms with Crippen LogP contribution in [0, 0.1) is 6.92 Å². The van der Waals surface area contributed by atoms with Gasteiger partial charge in [-0.05, 0) is 28.9 Å². The lowest BCUT2D eigenvalue weighted by Crippen LogP contribution is -2.23. The van der Waals surface area contributed by atoms with E-state index in [-0.39, 0.29) is 10.8 Å². The van der Waals surface area contributed by atoms with Crippen LogP contribution < -0.4 is 4.74 Å². The molecule has 1 heteroatoms. The summed E-state index contributed by atoms with van der Waals surface area (Å²) in [5.41, 5.74) is 4.18. The molecule has 0 aliphatic rings. The molecule has 0 unspecified atom stereocenters. The van der Waals surface area contributed by atoms with E-state index in [0.29, 0.717) is 0 Å². The minimum Gasteiger partial charge on any atom is -0.496 e. The average Bonchev–Trinajstić information content (AvgIpc) is 2.13. The van der Waals surface area contributed by atoms with Crippen molar-refractivity contribution in [3.8, 4) is 5.75 Å². The van der Waals surface area contributed by atoms with Gasteiger partial charge >= 0.3 is 0 Å². The second kappa shape index (κ2) is 4.36. The summed E-state index contributed by atoms with van der Waals surface area (Å²) in [4.78, 5) is 0. The molecule has 0 heterocycles. The van der Waals surface area contributed by atoms with E-state index in [4.69, 9.17) is 4.74 Å². The van der Waals surface area contributed by atoms with Gasteiger partial charge in [0.05, 0.1) is 7.11 Å². The fraction of sp³-hybridized carbons (Fsp3) is 0.625. The minimum atomic E-state index is 0.0972. The first kappa shape index (κ1) is 14.1. The predicted octanol–water partition coefficient (Wildman–Crippen LogP) is 4.60. The molecule has 0 fully saturated rings. The predicted molar refractivity (Wildman–Crippen MR) is 75.1 cm³/mol. The maximum atomic E-state index is 5.64. The van der Waals surface area contributed by atoms with Crippen molar-refractivity contribution in [3.05, 3.63) is 28.8 Å². The van der Waals surface area contributed by atoms with Gasteiger partial charge in [-0.1, -0.05) is 53.7 Å². The summed E-state index contributed by atoms with van der Waals surface area (Å²) < 4.78 is 5.64. The Morgan fingerprint density at radius 1 is 0.882 bits per heavy atom. The first-order valence-electron chi connectivity index (χ1n) is 6.27. The molecule has 0 N–H and O–H groups in total. The van der Waals surface area contributed by atoms with Crippen LogP contribution in [0.4, 0.5) is 0 Å². The lowest BCUT2D eigenvalue weighted by Gasteiger charge is -2.32. The molecular formula is C16H26O. The number of hydrogen-bond donors (Lipinski definition) is 0. The van der Waals surface area contributed by atoms with E-state index >= 15 is 0 Å². The maximum Gasteiger partial charge on any atom is 0.125 e. The highest BCUT2D eigenvalue weighted by Crippen LogP contribution is 2.41. The maximum absolute atomic E-state index is 5.64. The van der Waals surface area contributed by atoms with Crippen molar-refractivity contribution >= 4 is 0 Å². The highest BCUT2D eigenvalue weighted by atomic mass is 16.5. The number of hydrogen-bond acceptors (Lipinski definition) is 1. The zero-order valence-electron chi connectivity index (χ0n) is 12.6. The smallest absolute Gasteiger partial charge is 0.125 e. The van der Waals surface area contributed by atoms with Crippen molar-refractivity contribution in [2.24, 2.45) is 0 Å². The van der Waals surface area contributed by atoms with Gasteiger partial charge in [0.15, 0.2) is 0 Å². The summed E-state index contributed by atoms with van der Waals surface area (Å²) in [7, 11) is 1.77. The zero-order valence-corrected chi connectivity index (χ0v) is 12.6. The Hall–Kier alpha value is -0.980. The molecule has 0 bridgehead atoms. The molecule has 0 aromatic heterocycles. The van der Waals surface area contributed by atoms with E-state index in [1.54, 1.807) is 7.11 Å². The van der Waals surface area contributed by atoms with E-state index in [1.165, 1.54) is 16.7 Å². The summed E-state index contributed by atoms with van der Waals surface area (Å²) in [5.74, 6) is 1.05. The van der Waals surface area contributed by atoms with Gasteiger partial charge in [0.2, 0.25) is 0 Å². The molecule has 0 aliphatic carbocycles. The molecule has 0 saturated heterocycles. The first-order valence-corrected chi connectivity index (χ1v) is 6.27. The number of methoxy groups -OCH3 is 1. The average molecular weight is 234 g/mol. The monoisotopic (exact) mass is 234 g/mol. The van der Waals surface area contributed by atoms with Gasteiger partial charge in [-0.3, -0.25) is 0 Å². The molecular weight excluding hydrogens is 208 g/mol. The number of ether oxygens (including phenoxy) is 1. The van der Waals surface area contributed by atoms with Gasteiger partial charge < -0.3 is 4.74 Å². The van der Waals surface area contributed by atoms with E-state index < -0.39 is 0 Å². The molecule has 1 aromatic rings. The highest BCUT2D eigenvalue weighted by Gasteiger charge is 2.29. The Morgan fingerprint density at radius 3 is 1.76 bits per heavy atom. The van der Waals surface area contributed by atoms with Crippen LogP contribution in [-0.4, -0.2) is 7.11 Å². The molecule has 1 aromatic carbocycles. The van der Waals surface area contributed by atoms with Crippen molar-refractivity contribution < 1.29 is 4.74 Å². The third-order valence-corrected chi connectivity index (χ3v) is 3.12. The minimum absolute atomic E-state index is 0.0972. The van der Waals surface area contributed by atoms with Crippen LogP contribution in [0.25, 0.3) is 0 Å².